The molecule has 27 heavy (non-hydrogen) atoms. The Kier molecular flexibility index (Phi) is 6.70. The first-order valence-corrected chi connectivity index (χ1v) is 8.17. The summed E-state index contributed by atoms with van der Waals surface area (Å²) in [4.78, 5) is 27.8. The van der Waals surface area contributed by atoms with Gasteiger partial charge < -0.3 is 21.1 Å². The van der Waals surface area contributed by atoms with Gasteiger partial charge in [-0.15, -0.1) is 0 Å². The molecule has 1 atom stereocenters. The SMILES string of the molecule is COc1cccc(C(C)NC(=O)CNC(=O)Nc2ccc(C(=N)N)cn2)c1. The van der Waals surface area contributed by atoms with E-state index in [1.54, 1.807) is 13.2 Å². The number of rotatable bonds is 7. The third-order valence-corrected chi connectivity index (χ3v) is 3.70. The molecule has 2 rings (SSSR count). The molecule has 0 fully saturated rings. The smallest absolute Gasteiger partial charge is 0.320 e. The maximum absolute atomic E-state index is 12.0. The molecule has 0 saturated heterocycles. The number of benzene rings is 1. The second-order valence-corrected chi connectivity index (χ2v) is 5.72. The average molecular weight is 370 g/mol. The van der Waals surface area contributed by atoms with Gasteiger partial charge in [-0.05, 0) is 36.8 Å². The highest BCUT2D eigenvalue weighted by Gasteiger charge is 2.12. The van der Waals surface area contributed by atoms with E-state index in [0.29, 0.717) is 11.3 Å². The topological polar surface area (TPSA) is 142 Å². The first kappa shape index (κ1) is 19.7. The minimum Gasteiger partial charge on any atom is -0.497 e. The summed E-state index contributed by atoms with van der Waals surface area (Å²) in [6.07, 6.45) is 1.38. The predicted molar refractivity (Wildman–Crippen MR) is 102 cm³/mol. The summed E-state index contributed by atoms with van der Waals surface area (Å²) >= 11 is 0. The number of hydrogen-bond acceptors (Lipinski definition) is 5. The molecule has 1 unspecified atom stereocenters. The van der Waals surface area contributed by atoms with Crippen molar-refractivity contribution in [3.8, 4) is 5.75 Å². The fourth-order valence-electron chi connectivity index (χ4n) is 2.23. The Balaban J connectivity index is 1.80. The summed E-state index contributed by atoms with van der Waals surface area (Å²) < 4.78 is 5.16. The Bertz CT molecular complexity index is 822. The molecule has 142 valence electrons. The maximum atomic E-state index is 12.0. The molecule has 1 aromatic heterocycles. The number of aromatic nitrogens is 1. The van der Waals surface area contributed by atoms with Gasteiger partial charge in [-0.2, -0.15) is 0 Å². The van der Waals surface area contributed by atoms with Gasteiger partial charge >= 0.3 is 6.03 Å². The Labute approximate surface area is 156 Å². The summed E-state index contributed by atoms with van der Waals surface area (Å²) in [6.45, 7) is 1.65. The van der Waals surface area contributed by atoms with E-state index in [0.717, 1.165) is 5.56 Å². The molecule has 1 aromatic carbocycles. The summed E-state index contributed by atoms with van der Waals surface area (Å²) in [7, 11) is 1.58. The monoisotopic (exact) mass is 370 g/mol. The van der Waals surface area contributed by atoms with Gasteiger partial charge in [0, 0.05) is 11.8 Å². The third-order valence-electron chi connectivity index (χ3n) is 3.70. The molecule has 0 saturated carbocycles. The average Bonchev–Trinajstić information content (AvgIpc) is 2.66. The molecule has 0 radical (unpaired) electrons. The van der Waals surface area contributed by atoms with Crippen molar-refractivity contribution >= 4 is 23.6 Å². The molecular formula is C18H22N6O3. The van der Waals surface area contributed by atoms with Gasteiger partial charge in [-0.25, -0.2) is 9.78 Å². The van der Waals surface area contributed by atoms with E-state index >= 15 is 0 Å². The number of urea groups is 1. The van der Waals surface area contributed by atoms with E-state index in [2.05, 4.69) is 20.9 Å². The number of nitrogens with zero attached hydrogens (tertiary/aromatic N) is 1. The first-order valence-electron chi connectivity index (χ1n) is 8.17. The number of ether oxygens (including phenoxy) is 1. The number of carbonyl (C=O) groups excluding carboxylic acids is 2. The molecule has 0 spiro atoms. The second kappa shape index (κ2) is 9.18. The Hall–Kier alpha value is -3.62. The fourth-order valence-corrected chi connectivity index (χ4v) is 2.23. The first-order chi connectivity index (χ1) is 12.9. The highest BCUT2D eigenvalue weighted by molar-refractivity contribution is 5.95. The van der Waals surface area contributed by atoms with Crippen LogP contribution in [0.5, 0.6) is 5.75 Å². The van der Waals surface area contributed by atoms with E-state index in [-0.39, 0.29) is 30.1 Å². The highest BCUT2D eigenvalue weighted by Crippen LogP contribution is 2.18. The van der Waals surface area contributed by atoms with Crippen molar-refractivity contribution in [3.63, 3.8) is 0 Å². The third kappa shape index (κ3) is 5.99. The van der Waals surface area contributed by atoms with Gasteiger partial charge in [0.1, 0.15) is 17.4 Å². The number of amides is 3. The molecule has 2 aromatic rings. The lowest BCUT2D eigenvalue weighted by Gasteiger charge is -2.15. The number of nitrogens with two attached hydrogens (primary N) is 1. The zero-order valence-electron chi connectivity index (χ0n) is 15.1. The maximum Gasteiger partial charge on any atom is 0.320 e. The summed E-state index contributed by atoms with van der Waals surface area (Å²) in [5, 5.41) is 15.0. The number of nitrogens with one attached hydrogen (secondary N) is 4. The number of amidine groups is 1. The van der Waals surface area contributed by atoms with Crippen LogP contribution in [0.1, 0.15) is 24.1 Å². The molecule has 9 heteroatoms. The van der Waals surface area contributed by atoms with Crippen LogP contribution in [-0.4, -0.2) is 36.4 Å². The standard InChI is InChI=1S/C18H22N6O3/c1-11(12-4-3-5-14(8-12)27-2)23-16(25)10-22-18(26)24-15-7-6-13(9-21-15)17(19)20/h3-9,11H,10H2,1-2H3,(H3,19,20)(H,23,25)(H2,21,22,24,26). The number of methoxy groups -OCH3 is 1. The number of nitrogen functional groups attached to an aromatic ring is 1. The van der Waals surface area contributed by atoms with Crippen LogP contribution in [0.15, 0.2) is 42.6 Å². The van der Waals surface area contributed by atoms with Crippen molar-refractivity contribution in [1.82, 2.24) is 15.6 Å². The molecule has 6 N–H and O–H groups in total. The van der Waals surface area contributed by atoms with Crippen LogP contribution >= 0.6 is 0 Å². The quantitative estimate of drug-likeness (QED) is 0.370. The van der Waals surface area contributed by atoms with Crippen molar-refractivity contribution < 1.29 is 14.3 Å². The predicted octanol–water partition coefficient (Wildman–Crippen LogP) is 1.37. The number of anilines is 1. The number of carbonyl (C=O) groups is 2. The van der Waals surface area contributed by atoms with Gasteiger partial charge in [0.25, 0.3) is 0 Å². The van der Waals surface area contributed by atoms with Crippen LogP contribution in [0.3, 0.4) is 0 Å². The van der Waals surface area contributed by atoms with Gasteiger partial charge in [0.05, 0.1) is 19.7 Å². The van der Waals surface area contributed by atoms with E-state index in [4.69, 9.17) is 15.9 Å². The normalized spacial score (nSPS) is 11.2. The van der Waals surface area contributed by atoms with Crippen molar-refractivity contribution in [2.75, 3.05) is 19.0 Å². The van der Waals surface area contributed by atoms with Crippen molar-refractivity contribution in [2.45, 2.75) is 13.0 Å². The van der Waals surface area contributed by atoms with Crippen LogP contribution in [0.25, 0.3) is 0 Å². The zero-order chi connectivity index (χ0) is 19.8. The molecule has 0 aliphatic rings. The molecule has 0 aliphatic carbocycles. The van der Waals surface area contributed by atoms with Crippen LogP contribution in [0.4, 0.5) is 10.6 Å². The minimum atomic E-state index is -0.567. The van der Waals surface area contributed by atoms with Crippen molar-refractivity contribution in [1.29, 1.82) is 5.41 Å². The van der Waals surface area contributed by atoms with Gasteiger partial charge in [0.15, 0.2) is 0 Å². The lowest BCUT2D eigenvalue weighted by Crippen LogP contribution is -2.39. The van der Waals surface area contributed by atoms with Crippen molar-refractivity contribution in [2.24, 2.45) is 5.73 Å². The minimum absolute atomic E-state index is 0.111. The largest absolute Gasteiger partial charge is 0.497 e. The van der Waals surface area contributed by atoms with Crippen LogP contribution < -0.4 is 26.4 Å². The molecular weight excluding hydrogens is 348 g/mol. The van der Waals surface area contributed by atoms with E-state index in [1.807, 2.05) is 31.2 Å². The van der Waals surface area contributed by atoms with Gasteiger partial charge in [-0.3, -0.25) is 15.5 Å². The lowest BCUT2D eigenvalue weighted by atomic mass is 10.1. The number of hydrogen-bond donors (Lipinski definition) is 5. The van der Waals surface area contributed by atoms with E-state index in [1.165, 1.54) is 12.3 Å². The lowest BCUT2D eigenvalue weighted by molar-refractivity contribution is -0.120. The van der Waals surface area contributed by atoms with Crippen LogP contribution in [0.2, 0.25) is 0 Å². The summed E-state index contributed by atoms with van der Waals surface area (Å²) in [5.41, 5.74) is 6.68. The molecule has 9 nitrogen and oxygen atoms in total. The summed E-state index contributed by atoms with van der Waals surface area (Å²) in [5.74, 6) is 0.540. The van der Waals surface area contributed by atoms with Crippen LogP contribution in [0, 0.1) is 5.41 Å². The van der Waals surface area contributed by atoms with Crippen LogP contribution in [-0.2, 0) is 4.79 Å². The zero-order valence-corrected chi connectivity index (χ0v) is 15.1. The molecule has 0 bridgehead atoms. The fraction of sp³-hybridized carbons (Fsp3) is 0.222. The molecule has 0 aliphatic heterocycles. The van der Waals surface area contributed by atoms with Crippen molar-refractivity contribution in [3.05, 3.63) is 53.7 Å². The van der Waals surface area contributed by atoms with E-state index < -0.39 is 6.03 Å². The molecule has 1 heterocycles. The Morgan fingerprint density at radius 2 is 2.07 bits per heavy atom. The van der Waals surface area contributed by atoms with Gasteiger partial charge in [0.2, 0.25) is 5.91 Å². The van der Waals surface area contributed by atoms with E-state index in [9.17, 15) is 9.59 Å². The van der Waals surface area contributed by atoms with Gasteiger partial charge in [-0.1, -0.05) is 12.1 Å². The Morgan fingerprint density at radius 3 is 2.70 bits per heavy atom. The Morgan fingerprint density at radius 1 is 1.30 bits per heavy atom. The summed E-state index contributed by atoms with van der Waals surface area (Å²) in [6, 6.07) is 9.65. The number of pyridine rings is 1. The molecule has 3 amide bonds. The highest BCUT2D eigenvalue weighted by atomic mass is 16.5. The second-order valence-electron chi connectivity index (χ2n) is 5.72.